The van der Waals surface area contributed by atoms with Crippen molar-refractivity contribution >= 4 is 32.6 Å². The normalized spacial score (nSPS) is 17.7. The Bertz CT molecular complexity index is 1550. The predicted octanol–water partition coefficient (Wildman–Crippen LogP) is 5.05. The molecule has 2 heterocycles. The number of rotatable bonds is 6. The van der Waals surface area contributed by atoms with Crippen molar-refractivity contribution in [1.29, 1.82) is 0 Å². The van der Waals surface area contributed by atoms with E-state index in [9.17, 15) is 13.2 Å². The molecule has 1 aliphatic carbocycles. The fourth-order valence-electron chi connectivity index (χ4n) is 4.88. The van der Waals surface area contributed by atoms with E-state index in [4.69, 9.17) is 0 Å². The van der Waals surface area contributed by atoms with Gasteiger partial charge in [0.2, 0.25) is 10.0 Å². The van der Waals surface area contributed by atoms with Crippen molar-refractivity contribution in [2.24, 2.45) is 0 Å². The average Bonchev–Trinajstić information content (AvgIpc) is 3.60. The Kier molecular flexibility index (Phi) is 5.36. The van der Waals surface area contributed by atoms with Crippen LogP contribution >= 0.6 is 11.8 Å². The molecule has 1 aromatic heterocycles. The standard InChI is InChI=1S/C27H24N2O3S2/c30-25-16-21(15-20-9-6-8-18-7-4-5-12-23(18)20)26(19-13-14-19)27-29(25)24(17-33-27)28-34(31,32)22-10-2-1-3-11-22/h1-12,16,19,24,28H,13-15,17H2. The molecule has 1 unspecified atom stereocenters. The maximum absolute atomic E-state index is 13.3. The monoisotopic (exact) mass is 488 g/mol. The Morgan fingerprint density at radius 3 is 2.44 bits per heavy atom. The Labute approximate surface area is 202 Å². The van der Waals surface area contributed by atoms with E-state index in [1.807, 2.05) is 12.1 Å². The second kappa shape index (κ2) is 8.41. The van der Waals surface area contributed by atoms with Gasteiger partial charge in [0.25, 0.3) is 5.56 Å². The molecule has 0 amide bonds. The van der Waals surface area contributed by atoms with Crippen LogP contribution in [-0.2, 0) is 16.4 Å². The quantitative estimate of drug-likeness (QED) is 0.412. The number of pyridine rings is 1. The largest absolute Gasteiger partial charge is 0.285 e. The number of thioether (sulfide) groups is 1. The van der Waals surface area contributed by atoms with Gasteiger partial charge in [0, 0.05) is 11.8 Å². The number of nitrogens with zero attached hydrogens (tertiary/aromatic N) is 1. The van der Waals surface area contributed by atoms with E-state index in [-0.39, 0.29) is 10.5 Å². The Hall–Kier alpha value is -2.87. The van der Waals surface area contributed by atoms with Gasteiger partial charge in [-0.05, 0) is 64.8 Å². The van der Waals surface area contributed by atoms with Crippen LogP contribution in [0.5, 0.6) is 0 Å². The van der Waals surface area contributed by atoms with Gasteiger partial charge in [-0.1, -0.05) is 60.7 Å². The van der Waals surface area contributed by atoms with E-state index in [1.165, 1.54) is 21.9 Å². The van der Waals surface area contributed by atoms with Crippen molar-refractivity contribution in [2.75, 3.05) is 5.75 Å². The molecule has 1 saturated carbocycles. The first kappa shape index (κ1) is 21.6. The molecule has 1 aliphatic heterocycles. The van der Waals surface area contributed by atoms with Crippen LogP contribution in [0.25, 0.3) is 10.8 Å². The van der Waals surface area contributed by atoms with Crippen LogP contribution in [0, 0.1) is 0 Å². The van der Waals surface area contributed by atoms with E-state index in [0.29, 0.717) is 18.1 Å². The Morgan fingerprint density at radius 2 is 1.65 bits per heavy atom. The van der Waals surface area contributed by atoms with Crippen LogP contribution in [0.3, 0.4) is 0 Å². The second-order valence-electron chi connectivity index (χ2n) is 8.95. The molecule has 34 heavy (non-hydrogen) atoms. The first-order valence-electron chi connectivity index (χ1n) is 11.5. The summed E-state index contributed by atoms with van der Waals surface area (Å²) in [7, 11) is -3.73. The molecule has 0 bridgehead atoms. The lowest BCUT2D eigenvalue weighted by molar-refractivity contribution is 0.474. The summed E-state index contributed by atoms with van der Waals surface area (Å²) in [6, 6.07) is 24.7. The minimum atomic E-state index is -3.73. The van der Waals surface area contributed by atoms with Gasteiger partial charge in [-0.2, -0.15) is 4.72 Å². The van der Waals surface area contributed by atoms with Crippen molar-refractivity contribution in [1.82, 2.24) is 9.29 Å². The zero-order valence-electron chi connectivity index (χ0n) is 18.5. The van der Waals surface area contributed by atoms with E-state index in [2.05, 4.69) is 35.1 Å². The lowest BCUT2D eigenvalue weighted by Gasteiger charge is -2.19. The lowest BCUT2D eigenvalue weighted by Crippen LogP contribution is -2.37. The van der Waals surface area contributed by atoms with Crippen molar-refractivity contribution in [3.8, 4) is 0 Å². The minimum Gasteiger partial charge on any atom is -0.285 e. The summed E-state index contributed by atoms with van der Waals surface area (Å²) in [6.07, 6.45) is 2.31. The molecule has 5 nitrogen and oxygen atoms in total. The van der Waals surface area contributed by atoms with Gasteiger partial charge >= 0.3 is 0 Å². The van der Waals surface area contributed by atoms with Gasteiger partial charge in [0.1, 0.15) is 6.17 Å². The summed E-state index contributed by atoms with van der Waals surface area (Å²) >= 11 is 1.59. The molecule has 172 valence electrons. The fourth-order valence-corrected chi connectivity index (χ4v) is 7.54. The molecule has 1 fully saturated rings. The van der Waals surface area contributed by atoms with Gasteiger partial charge in [0.05, 0.1) is 9.92 Å². The van der Waals surface area contributed by atoms with Crippen LogP contribution in [0.1, 0.15) is 41.6 Å². The molecule has 1 N–H and O–H groups in total. The topological polar surface area (TPSA) is 68.2 Å². The zero-order chi connectivity index (χ0) is 23.3. The molecular weight excluding hydrogens is 464 g/mol. The molecule has 6 rings (SSSR count). The smallest absolute Gasteiger partial charge is 0.253 e. The summed E-state index contributed by atoms with van der Waals surface area (Å²) in [6.45, 7) is 0. The number of sulfonamides is 1. The SMILES string of the molecule is O=c1cc(Cc2cccc3ccccc23)c(C2CC2)c2n1C(NS(=O)(=O)c1ccccc1)CS2. The van der Waals surface area contributed by atoms with Crippen LogP contribution in [-0.4, -0.2) is 18.7 Å². The summed E-state index contributed by atoms with van der Waals surface area (Å²) in [4.78, 5) is 13.5. The molecule has 2 aliphatic rings. The van der Waals surface area contributed by atoms with Gasteiger partial charge in [-0.3, -0.25) is 9.36 Å². The first-order valence-corrected chi connectivity index (χ1v) is 13.9. The third-order valence-electron chi connectivity index (χ3n) is 6.61. The molecular formula is C27H24N2O3S2. The summed E-state index contributed by atoms with van der Waals surface area (Å²) in [5.41, 5.74) is 3.34. The van der Waals surface area contributed by atoms with E-state index < -0.39 is 16.2 Å². The molecule has 1 atom stereocenters. The number of fused-ring (bicyclic) bond motifs is 2. The van der Waals surface area contributed by atoms with Crippen molar-refractivity contribution < 1.29 is 8.42 Å². The van der Waals surface area contributed by atoms with Crippen molar-refractivity contribution in [3.63, 3.8) is 0 Å². The third kappa shape index (κ3) is 3.87. The second-order valence-corrected chi connectivity index (χ2v) is 11.7. The summed E-state index contributed by atoms with van der Waals surface area (Å²) < 4.78 is 30.3. The molecule has 3 aromatic carbocycles. The van der Waals surface area contributed by atoms with Gasteiger partial charge in [-0.15, -0.1) is 11.8 Å². The number of aromatic nitrogens is 1. The highest BCUT2D eigenvalue weighted by atomic mass is 32.2. The van der Waals surface area contributed by atoms with Crippen LogP contribution in [0.15, 0.2) is 93.6 Å². The highest BCUT2D eigenvalue weighted by Crippen LogP contribution is 2.48. The molecule has 0 radical (unpaired) electrons. The predicted molar refractivity (Wildman–Crippen MR) is 136 cm³/mol. The number of nitrogens with one attached hydrogen (secondary N) is 1. The van der Waals surface area contributed by atoms with E-state index in [0.717, 1.165) is 23.4 Å². The number of hydrogen-bond acceptors (Lipinski definition) is 4. The van der Waals surface area contributed by atoms with Crippen molar-refractivity contribution in [3.05, 3.63) is 106 Å². The highest BCUT2D eigenvalue weighted by molar-refractivity contribution is 7.99. The molecule has 0 saturated heterocycles. The number of benzene rings is 3. The van der Waals surface area contributed by atoms with Crippen LogP contribution in [0.4, 0.5) is 0 Å². The van der Waals surface area contributed by atoms with Gasteiger partial charge in [0.15, 0.2) is 0 Å². The van der Waals surface area contributed by atoms with E-state index >= 15 is 0 Å². The number of hydrogen-bond donors (Lipinski definition) is 1. The van der Waals surface area contributed by atoms with Crippen LogP contribution in [0.2, 0.25) is 0 Å². The molecule has 7 heteroatoms. The maximum Gasteiger partial charge on any atom is 0.253 e. The van der Waals surface area contributed by atoms with Crippen molar-refractivity contribution in [2.45, 2.75) is 41.3 Å². The fraction of sp³-hybridized carbons (Fsp3) is 0.222. The average molecular weight is 489 g/mol. The third-order valence-corrected chi connectivity index (χ3v) is 9.26. The lowest BCUT2D eigenvalue weighted by atomic mass is 9.95. The Morgan fingerprint density at radius 1 is 0.912 bits per heavy atom. The molecule has 0 spiro atoms. The summed E-state index contributed by atoms with van der Waals surface area (Å²) in [5, 5.41) is 3.31. The zero-order valence-corrected chi connectivity index (χ0v) is 20.1. The molecule has 4 aromatic rings. The maximum atomic E-state index is 13.3. The highest BCUT2D eigenvalue weighted by Gasteiger charge is 2.36. The Balaban J connectivity index is 1.40. The van der Waals surface area contributed by atoms with Gasteiger partial charge < -0.3 is 0 Å². The minimum absolute atomic E-state index is 0.152. The van der Waals surface area contributed by atoms with E-state index in [1.54, 1.807) is 52.7 Å². The van der Waals surface area contributed by atoms with Crippen LogP contribution < -0.4 is 10.3 Å². The first-order chi connectivity index (χ1) is 16.5. The summed E-state index contributed by atoms with van der Waals surface area (Å²) in [5.74, 6) is 0.933. The van der Waals surface area contributed by atoms with Gasteiger partial charge in [-0.25, -0.2) is 8.42 Å².